The SMILES string of the molecule is CC1Oc2ccc(-c3nc4sccn4c3CN)cc2N(C)C1=O. The molecule has 3 heterocycles. The predicted molar refractivity (Wildman–Crippen MR) is 89.9 cm³/mol. The fourth-order valence-electron chi connectivity index (χ4n) is 2.92. The second-order valence-corrected chi connectivity index (χ2v) is 6.38. The average molecular weight is 328 g/mol. The summed E-state index contributed by atoms with van der Waals surface area (Å²) in [7, 11) is 1.76. The molecule has 0 bridgehead atoms. The zero-order valence-electron chi connectivity index (χ0n) is 12.8. The van der Waals surface area contributed by atoms with Crippen LogP contribution in [0.2, 0.25) is 0 Å². The number of thiazole rings is 1. The predicted octanol–water partition coefficient (Wildman–Crippen LogP) is 2.27. The summed E-state index contributed by atoms with van der Waals surface area (Å²) in [6.07, 6.45) is 1.51. The zero-order valence-corrected chi connectivity index (χ0v) is 13.6. The highest BCUT2D eigenvalue weighted by molar-refractivity contribution is 7.15. The van der Waals surface area contributed by atoms with Crippen molar-refractivity contribution in [3.8, 4) is 17.0 Å². The van der Waals surface area contributed by atoms with Gasteiger partial charge in [0, 0.05) is 30.7 Å². The minimum Gasteiger partial charge on any atom is -0.479 e. The average Bonchev–Trinajstić information content (AvgIpc) is 3.13. The number of nitrogens with two attached hydrogens (primary N) is 1. The molecule has 4 rings (SSSR count). The molecule has 23 heavy (non-hydrogen) atoms. The van der Waals surface area contributed by atoms with Gasteiger partial charge in [-0.1, -0.05) is 0 Å². The molecule has 0 spiro atoms. The van der Waals surface area contributed by atoms with Gasteiger partial charge in [-0.3, -0.25) is 9.20 Å². The molecule has 0 saturated carbocycles. The Labute approximate surface area is 137 Å². The van der Waals surface area contributed by atoms with Gasteiger partial charge in [0.25, 0.3) is 5.91 Å². The number of carbonyl (C=O) groups is 1. The Morgan fingerprint density at radius 2 is 2.26 bits per heavy atom. The summed E-state index contributed by atoms with van der Waals surface area (Å²) in [4.78, 5) is 19.3. The Morgan fingerprint density at radius 1 is 1.43 bits per heavy atom. The van der Waals surface area contributed by atoms with E-state index in [1.807, 2.05) is 34.2 Å². The Kier molecular flexibility index (Phi) is 3.14. The first-order valence-electron chi connectivity index (χ1n) is 7.33. The molecule has 0 fully saturated rings. The van der Waals surface area contributed by atoms with Crippen LogP contribution in [0.3, 0.4) is 0 Å². The van der Waals surface area contributed by atoms with E-state index in [0.29, 0.717) is 12.3 Å². The van der Waals surface area contributed by atoms with Crippen LogP contribution < -0.4 is 15.4 Å². The van der Waals surface area contributed by atoms with Gasteiger partial charge in [0.1, 0.15) is 5.75 Å². The molecule has 0 saturated heterocycles. The van der Waals surface area contributed by atoms with Crippen molar-refractivity contribution in [2.24, 2.45) is 5.73 Å². The highest BCUT2D eigenvalue weighted by Crippen LogP contribution is 2.37. The number of ether oxygens (including phenoxy) is 1. The Morgan fingerprint density at radius 3 is 3.04 bits per heavy atom. The second kappa shape index (κ2) is 5.07. The van der Waals surface area contributed by atoms with Crippen molar-refractivity contribution >= 4 is 27.9 Å². The van der Waals surface area contributed by atoms with Crippen molar-refractivity contribution in [2.75, 3.05) is 11.9 Å². The minimum absolute atomic E-state index is 0.0560. The molecule has 1 aromatic carbocycles. The van der Waals surface area contributed by atoms with Gasteiger partial charge < -0.3 is 15.4 Å². The molecule has 3 aromatic rings. The number of likely N-dealkylation sites (N-methyl/N-ethyl adjacent to an activating group) is 1. The van der Waals surface area contributed by atoms with Crippen LogP contribution in [0.5, 0.6) is 5.75 Å². The maximum Gasteiger partial charge on any atom is 0.267 e. The fraction of sp³-hybridized carbons (Fsp3) is 0.250. The summed E-state index contributed by atoms with van der Waals surface area (Å²) in [5, 5.41) is 1.99. The first-order chi connectivity index (χ1) is 11.1. The van der Waals surface area contributed by atoms with Gasteiger partial charge in [0.15, 0.2) is 11.1 Å². The molecule has 1 amide bonds. The van der Waals surface area contributed by atoms with Gasteiger partial charge in [-0.05, 0) is 25.1 Å². The molecule has 0 aliphatic carbocycles. The fourth-order valence-corrected chi connectivity index (χ4v) is 3.65. The summed E-state index contributed by atoms with van der Waals surface area (Å²) in [6.45, 7) is 2.15. The lowest BCUT2D eigenvalue weighted by molar-refractivity contribution is -0.125. The Hall–Kier alpha value is -2.38. The molecule has 1 aliphatic rings. The molecule has 0 radical (unpaired) electrons. The van der Waals surface area contributed by atoms with Crippen molar-refractivity contribution in [2.45, 2.75) is 19.6 Å². The monoisotopic (exact) mass is 328 g/mol. The molecule has 2 N–H and O–H groups in total. The number of fused-ring (bicyclic) bond motifs is 2. The van der Waals surface area contributed by atoms with Crippen LogP contribution in [0.25, 0.3) is 16.2 Å². The second-order valence-electron chi connectivity index (χ2n) is 5.51. The molecule has 2 aromatic heterocycles. The number of amides is 1. The molecule has 7 heteroatoms. The van der Waals surface area contributed by atoms with Crippen LogP contribution in [-0.2, 0) is 11.3 Å². The van der Waals surface area contributed by atoms with E-state index < -0.39 is 6.10 Å². The van der Waals surface area contributed by atoms with E-state index in [4.69, 9.17) is 10.5 Å². The van der Waals surface area contributed by atoms with Gasteiger partial charge >= 0.3 is 0 Å². The highest BCUT2D eigenvalue weighted by Gasteiger charge is 2.29. The lowest BCUT2D eigenvalue weighted by Crippen LogP contribution is -2.41. The van der Waals surface area contributed by atoms with Crippen LogP contribution >= 0.6 is 11.3 Å². The lowest BCUT2D eigenvalue weighted by atomic mass is 10.1. The minimum atomic E-state index is -0.462. The summed E-state index contributed by atoms with van der Waals surface area (Å²) < 4.78 is 7.67. The van der Waals surface area contributed by atoms with Crippen molar-refractivity contribution in [3.63, 3.8) is 0 Å². The van der Waals surface area contributed by atoms with E-state index >= 15 is 0 Å². The van der Waals surface area contributed by atoms with E-state index in [1.54, 1.807) is 30.2 Å². The van der Waals surface area contributed by atoms with E-state index in [0.717, 1.165) is 27.6 Å². The number of hydrogen-bond donors (Lipinski definition) is 1. The van der Waals surface area contributed by atoms with Crippen molar-refractivity contribution in [1.82, 2.24) is 9.38 Å². The van der Waals surface area contributed by atoms with Crippen LogP contribution in [-0.4, -0.2) is 28.4 Å². The number of rotatable bonds is 2. The van der Waals surface area contributed by atoms with Gasteiger partial charge in [-0.25, -0.2) is 4.98 Å². The number of imidazole rings is 1. The lowest BCUT2D eigenvalue weighted by Gasteiger charge is -2.30. The summed E-state index contributed by atoms with van der Waals surface area (Å²) in [5.74, 6) is 0.651. The van der Waals surface area contributed by atoms with Gasteiger partial charge in [0.2, 0.25) is 0 Å². The third-order valence-corrected chi connectivity index (χ3v) is 4.89. The zero-order chi connectivity index (χ0) is 16.1. The molecular formula is C16H16N4O2S. The number of benzene rings is 1. The standard InChI is InChI=1S/C16H16N4O2S/c1-9-15(21)19(2)11-7-10(3-4-13(11)22-9)14-12(8-17)20-5-6-23-16(20)18-14/h3-7,9H,8,17H2,1-2H3. The first kappa shape index (κ1) is 14.2. The Balaban J connectivity index is 1.87. The van der Waals surface area contributed by atoms with Gasteiger partial charge in [-0.2, -0.15) is 0 Å². The maximum atomic E-state index is 12.1. The van der Waals surface area contributed by atoms with E-state index in [9.17, 15) is 4.79 Å². The van der Waals surface area contributed by atoms with Crippen LogP contribution in [0.1, 0.15) is 12.6 Å². The number of aromatic nitrogens is 2. The first-order valence-corrected chi connectivity index (χ1v) is 8.21. The largest absolute Gasteiger partial charge is 0.479 e. The third-order valence-electron chi connectivity index (χ3n) is 4.13. The molecule has 1 unspecified atom stereocenters. The van der Waals surface area contributed by atoms with Crippen LogP contribution in [0.15, 0.2) is 29.8 Å². The van der Waals surface area contributed by atoms with E-state index in [-0.39, 0.29) is 5.91 Å². The highest BCUT2D eigenvalue weighted by atomic mass is 32.1. The topological polar surface area (TPSA) is 72.9 Å². The molecule has 1 aliphatic heterocycles. The third kappa shape index (κ3) is 2.04. The smallest absolute Gasteiger partial charge is 0.267 e. The van der Waals surface area contributed by atoms with Crippen molar-refractivity contribution in [1.29, 1.82) is 0 Å². The molecule has 6 nitrogen and oxygen atoms in total. The Bertz CT molecular complexity index is 914. The van der Waals surface area contributed by atoms with E-state index in [2.05, 4.69) is 4.98 Å². The van der Waals surface area contributed by atoms with Crippen LogP contribution in [0, 0.1) is 0 Å². The van der Waals surface area contributed by atoms with Crippen molar-refractivity contribution in [3.05, 3.63) is 35.5 Å². The van der Waals surface area contributed by atoms with Crippen molar-refractivity contribution < 1.29 is 9.53 Å². The number of anilines is 1. The van der Waals surface area contributed by atoms with Crippen LogP contribution in [0.4, 0.5) is 5.69 Å². The quantitative estimate of drug-likeness (QED) is 0.783. The molecular weight excluding hydrogens is 312 g/mol. The normalized spacial score (nSPS) is 17.4. The van der Waals surface area contributed by atoms with Gasteiger partial charge in [-0.15, -0.1) is 11.3 Å². The number of carbonyl (C=O) groups excluding carboxylic acids is 1. The summed E-state index contributed by atoms with van der Waals surface area (Å²) in [5.41, 5.74) is 9.41. The molecule has 118 valence electrons. The van der Waals surface area contributed by atoms with E-state index in [1.165, 1.54) is 0 Å². The van der Waals surface area contributed by atoms with Gasteiger partial charge in [0.05, 0.1) is 17.1 Å². The maximum absolute atomic E-state index is 12.1. The summed E-state index contributed by atoms with van der Waals surface area (Å²) in [6, 6.07) is 5.78. The number of nitrogens with zero attached hydrogens (tertiary/aromatic N) is 3. The number of hydrogen-bond acceptors (Lipinski definition) is 5. The molecule has 1 atom stereocenters. The summed E-state index contributed by atoms with van der Waals surface area (Å²) >= 11 is 1.57.